The van der Waals surface area contributed by atoms with Gasteiger partial charge in [0.25, 0.3) is 0 Å². The standard InChI is InChI=1S/C16H28N2O4/c1-4-6-8-11(10-19)12(14(17)21)13(20)16(3,15(18)22)9-7-5-2/h10-12H,4-9H2,1-3H3,(H2,17,21)(H2,18,22). The van der Waals surface area contributed by atoms with E-state index in [4.69, 9.17) is 11.5 Å². The van der Waals surface area contributed by atoms with Crippen LogP contribution in [0.2, 0.25) is 0 Å². The number of unbranched alkanes of at least 4 members (excludes halogenated alkanes) is 2. The van der Waals surface area contributed by atoms with E-state index in [1.54, 1.807) is 0 Å². The molecule has 0 aromatic heterocycles. The number of ketones is 1. The number of nitrogens with two attached hydrogens (primary N) is 2. The van der Waals surface area contributed by atoms with Gasteiger partial charge in [0.15, 0.2) is 5.78 Å². The van der Waals surface area contributed by atoms with Crippen molar-refractivity contribution < 1.29 is 19.2 Å². The van der Waals surface area contributed by atoms with Crippen LogP contribution in [-0.4, -0.2) is 23.9 Å². The van der Waals surface area contributed by atoms with Crippen LogP contribution in [0.5, 0.6) is 0 Å². The van der Waals surface area contributed by atoms with E-state index in [9.17, 15) is 19.2 Å². The zero-order chi connectivity index (χ0) is 17.3. The summed E-state index contributed by atoms with van der Waals surface area (Å²) >= 11 is 0. The monoisotopic (exact) mass is 312 g/mol. The third kappa shape index (κ3) is 4.93. The molecular weight excluding hydrogens is 284 g/mol. The topological polar surface area (TPSA) is 120 Å². The van der Waals surface area contributed by atoms with Crippen LogP contribution >= 0.6 is 0 Å². The van der Waals surface area contributed by atoms with Crippen LogP contribution in [0.3, 0.4) is 0 Å². The summed E-state index contributed by atoms with van der Waals surface area (Å²) in [7, 11) is 0. The number of carbonyl (C=O) groups excluding carboxylic acids is 4. The number of aldehydes is 1. The van der Waals surface area contributed by atoms with Gasteiger partial charge in [0.1, 0.15) is 17.6 Å². The van der Waals surface area contributed by atoms with Crippen LogP contribution in [0.1, 0.15) is 59.3 Å². The predicted molar refractivity (Wildman–Crippen MR) is 83.6 cm³/mol. The molecule has 0 aliphatic heterocycles. The van der Waals surface area contributed by atoms with Gasteiger partial charge in [-0.2, -0.15) is 0 Å². The first-order valence-corrected chi connectivity index (χ1v) is 7.85. The maximum absolute atomic E-state index is 12.8. The van der Waals surface area contributed by atoms with E-state index in [0.717, 1.165) is 12.8 Å². The minimum absolute atomic E-state index is 0.251. The van der Waals surface area contributed by atoms with E-state index in [-0.39, 0.29) is 6.42 Å². The van der Waals surface area contributed by atoms with Crippen LogP contribution in [0, 0.1) is 17.3 Å². The van der Waals surface area contributed by atoms with Gasteiger partial charge >= 0.3 is 0 Å². The predicted octanol–water partition coefficient (Wildman–Crippen LogP) is 1.34. The Kier molecular flexibility index (Phi) is 8.60. The van der Waals surface area contributed by atoms with Gasteiger partial charge in [-0.3, -0.25) is 14.4 Å². The molecule has 0 aromatic rings. The van der Waals surface area contributed by atoms with Gasteiger partial charge in [0.05, 0.1) is 0 Å². The quantitative estimate of drug-likeness (QED) is 0.417. The molecular formula is C16H28N2O4. The van der Waals surface area contributed by atoms with Crippen LogP contribution in [0.15, 0.2) is 0 Å². The molecule has 3 atom stereocenters. The lowest BCUT2D eigenvalue weighted by molar-refractivity contribution is -0.148. The first-order chi connectivity index (χ1) is 10.3. The average molecular weight is 312 g/mol. The number of hydrogen-bond acceptors (Lipinski definition) is 4. The fourth-order valence-electron chi connectivity index (χ4n) is 2.53. The first-order valence-electron chi connectivity index (χ1n) is 7.85. The average Bonchev–Trinajstić information content (AvgIpc) is 2.47. The fourth-order valence-corrected chi connectivity index (χ4v) is 2.53. The van der Waals surface area contributed by atoms with Crippen LogP contribution in [0.4, 0.5) is 0 Å². The summed E-state index contributed by atoms with van der Waals surface area (Å²) in [4.78, 5) is 47.6. The van der Waals surface area contributed by atoms with Crippen molar-refractivity contribution in [3.05, 3.63) is 0 Å². The second kappa shape index (κ2) is 9.33. The minimum atomic E-state index is -1.47. The van der Waals surface area contributed by atoms with Crippen molar-refractivity contribution in [1.82, 2.24) is 0 Å². The maximum Gasteiger partial charge on any atom is 0.230 e. The Balaban J connectivity index is 5.53. The molecule has 2 amide bonds. The summed E-state index contributed by atoms with van der Waals surface area (Å²) in [5.41, 5.74) is 9.26. The van der Waals surface area contributed by atoms with E-state index in [0.29, 0.717) is 25.5 Å². The second-order valence-corrected chi connectivity index (χ2v) is 5.99. The third-order valence-corrected chi connectivity index (χ3v) is 4.20. The summed E-state index contributed by atoms with van der Waals surface area (Å²) in [6.45, 7) is 5.30. The molecule has 0 spiro atoms. The number of Topliss-reactive ketones (excluding diaryl/α,β-unsaturated/α-hetero) is 1. The van der Waals surface area contributed by atoms with E-state index in [2.05, 4.69) is 0 Å². The van der Waals surface area contributed by atoms with Crippen LogP contribution in [-0.2, 0) is 19.2 Å². The highest BCUT2D eigenvalue weighted by molar-refractivity contribution is 6.14. The molecule has 4 N–H and O–H groups in total. The van der Waals surface area contributed by atoms with Crippen molar-refractivity contribution in [2.75, 3.05) is 0 Å². The maximum atomic E-state index is 12.8. The van der Waals surface area contributed by atoms with Crippen molar-refractivity contribution in [2.24, 2.45) is 28.7 Å². The number of carbonyl (C=O) groups is 4. The highest BCUT2D eigenvalue weighted by Gasteiger charge is 2.46. The zero-order valence-corrected chi connectivity index (χ0v) is 13.8. The lowest BCUT2D eigenvalue weighted by atomic mass is 9.71. The zero-order valence-electron chi connectivity index (χ0n) is 13.8. The van der Waals surface area contributed by atoms with Crippen molar-refractivity contribution in [3.63, 3.8) is 0 Å². The fraction of sp³-hybridized carbons (Fsp3) is 0.750. The van der Waals surface area contributed by atoms with Crippen molar-refractivity contribution in [2.45, 2.75) is 59.3 Å². The summed E-state index contributed by atoms with van der Waals surface area (Å²) < 4.78 is 0. The highest BCUT2D eigenvalue weighted by atomic mass is 16.2. The number of amides is 2. The van der Waals surface area contributed by atoms with Crippen LogP contribution in [0.25, 0.3) is 0 Å². The molecule has 6 heteroatoms. The van der Waals surface area contributed by atoms with Gasteiger partial charge in [-0.15, -0.1) is 0 Å². The van der Waals surface area contributed by atoms with Gasteiger partial charge in [-0.05, 0) is 19.8 Å². The Morgan fingerprint density at radius 1 is 1.09 bits per heavy atom. The Morgan fingerprint density at radius 2 is 1.64 bits per heavy atom. The lowest BCUT2D eigenvalue weighted by Gasteiger charge is -2.30. The number of primary amides is 2. The Morgan fingerprint density at radius 3 is 2.00 bits per heavy atom. The SMILES string of the molecule is CCCCC(C=O)C(C(N)=O)C(=O)C(C)(CCCC)C(N)=O. The summed E-state index contributed by atoms with van der Waals surface area (Å²) in [6, 6.07) is 0. The summed E-state index contributed by atoms with van der Waals surface area (Å²) in [5, 5.41) is 0. The third-order valence-electron chi connectivity index (χ3n) is 4.20. The molecule has 126 valence electrons. The molecule has 0 heterocycles. The largest absolute Gasteiger partial charge is 0.369 e. The van der Waals surface area contributed by atoms with E-state index >= 15 is 0 Å². The first kappa shape index (κ1) is 20.3. The molecule has 0 rings (SSSR count). The minimum Gasteiger partial charge on any atom is -0.369 e. The number of rotatable bonds is 12. The van der Waals surface area contributed by atoms with E-state index in [1.807, 2.05) is 13.8 Å². The van der Waals surface area contributed by atoms with Gasteiger partial charge in [-0.25, -0.2) is 0 Å². The van der Waals surface area contributed by atoms with Gasteiger partial charge in [-0.1, -0.05) is 39.5 Å². The van der Waals surface area contributed by atoms with Gasteiger partial charge in [0.2, 0.25) is 11.8 Å². The Hall–Kier alpha value is -1.72. The molecule has 0 radical (unpaired) electrons. The van der Waals surface area contributed by atoms with Crippen molar-refractivity contribution in [1.29, 1.82) is 0 Å². The Labute approximate surface area is 132 Å². The van der Waals surface area contributed by atoms with Gasteiger partial charge < -0.3 is 16.3 Å². The second-order valence-electron chi connectivity index (χ2n) is 5.99. The summed E-state index contributed by atoms with van der Waals surface area (Å²) in [6.07, 6.45) is 4.16. The molecule has 0 aliphatic rings. The molecule has 0 aliphatic carbocycles. The molecule has 22 heavy (non-hydrogen) atoms. The summed E-state index contributed by atoms with van der Waals surface area (Å²) in [5.74, 6) is -4.38. The molecule has 0 saturated carbocycles. The van der Waals surface area contributed by atoms with Crippen LogP contribution < -0.4 is 11.5 Å². The molecule has 0 aromatic carbocycles. The molecule has 3 unspecified atom stereocenters. The molecule has 0 fully saturated rings. The van der Waals surface area contributed by atoms with E-state index in [1.165, 1.54) is 6.92 Å². The normalized spacial score (nSPS) is 16.3. The smallest absolute Gasteiger partial charge is 0.230 e. The molecule has 0 saturated heterocycles. The lowest BCUT2D eigenvalue weighted by Crippen LogP contribution is -2.50. The van der Waals surface area contributed by atoms with Gasteiger partial charge in [0, 0.05) is 5.92 Å². The van der Waals surface area contributed by atoms with Crippen molar-refractivity contribution >= 4 is 23.9 Å². The van der Waals surface area contributed by atoms with E-state index < -0.39 is 34.8 Å². The Bertz CT molecular complexity index is 422. The highest BCUT2D eigenvalue weighted by Crippen LogP contribution is 2.32. The van der Waals surface area contributed by atoms with Crippen molar-refractivity contribution in [3.8, 4) is 0 Å². The molecule has 6 nitrogen and oxygen atoms in total. The number of hydrogen-bond donors (Lipinski definition) is 2. The molecule has 0 bridgehead atoms.